The molecular formula is C16H14BrClN2O2. The lowest BCUT2D eigenvalue weighted by atomic mass is 10.1. The standard InChI is InChI=1S/C16H14BrClN2O2/c17-13-7-3-2-6-12(13)16(22)20-19-15(21)10-9-11-5-1-4-8-14(11)18/h1-8H,9-10H2,(H,19,21)(H,20,22). The maximum atomic E-state index is 11.9. The van der Waals surface area contributed by atoms with E-state index < -0.39 is 0 Å². The van der Waals surface area contributed by atoms with Gasteiger partial charge in [-0.25, -0.2) is 0 Å². The van der Waals surface area contributed by atoms with Gasteiger partial charge in [0.25, 0.3) is 5.91 Å². The van der Waals surface area contributed by atoms with E-state index in [1.54, 1.807) is 24.3 Å². The van der Waals surface area contributed by atoms with E-state index in [1.807, 2.05) is 24.3 Å². The van der Waals surface area contributed by atoms with Crippen LogP contribution >= 0.6 is 27.5 Å². The fraction of sp³-hybridized carbons (Fsp3) is 0.125. The summed E-state index contributed by atoms with van der Waals surface area (Å²) in [5.41, 5.74) is 6.14. The van der Waals surface area contributed by atoms with Gasteiger partial charge in [-0.3, -0.25) is 20.4 Å². The number of hydrazine groups is 1. The van der Waals surface area contributed by atoms with Crippen LogP contribution in [0.15, 0.2) is 53.0 Å². The summed E-state index contributed by atoms with van der Waals surface area (Å²) in [5, 5.41) is 0.632. The number of hydrogen-bond donors (Lipinski definition) is 2. The first kappa shape index (κ1) is 16.5. The summed E-state index contributed by atoms with van der Waals surface area (Å²) < 4.78 is 0.665. The van der Waals surface area contributed by atoms with Gasteiger partial charge in [-0.1, -0.05) is 41.9 Å². The van der Waals surface area contributed by atoms with Gasteiger partial charge in [0.1, 0.15) is 0 Å². The summed E-state index contributed by atoms with van der Waals surface area (Å²) in [5.74, 6) is -0.654. The number of halogens is 2. The zero-order chi connectivity index (χ0) is 15.9. The lowest BCUT2D eigenvalue weighted by molar-refractivity contribution is -0.121. The van der Waals surface area contributed by atoms with Crippen LogP contribution in [0.4, 0.5) is 0 Å². The van der Waals surface area contributed by atoms with Crippen LogP contribution in [0, 0.1) is 0 Å². The van der Waals surface area contributed by atoms with Crippen molar-refractivity contribution < 1.29 is 9.59 Å². The van der Waals surface area contributed by atoms with Crippen molar-refractivity contribution in [3.63, 3.8) is 0 Å². The van der Waals surface area contributed by atoms with Crippen molar-refractivity contribution in [2.24, 2.45) is 0 Å². The number of carbonyl (C=O) groups is 2. The number of carbonyl (C=O) groups excluding carboxylic acids is 2. The van der Waals surface area contributed by atoms with E-state index in [0.29, 0.717) is 21.5 Å². The van der Waals surface area contributed by atoms with Crippen LogP contribution in [0.3, 0.4) is 0 Å². The Hall–Kier alpha value is -1.85. The molecule has 0 bridgehead atoms. The van der Waals surface area contributed by atoms with Crippen LogP contribution in [0.1, 0.15) is 22.3 Å². The van der Waals surface area contributed by atoms with E-state index in [4.69, 9.17) is 11.6 Å². The minimum atomic E-state index is -0.376. The zero-order valence-corrected chi connectivity index (χ0v) is 13.9. The van der Waals surface area contributed by atoms with Crippen LogP contribution in [-0.4, -0.2) is 11.8 Å². The van der Waals surface area contributed by atoms with E-state index in [1.165, 1.54) is 0 Å². The quantitative estimate of drug-likeness (QED) is 0.797. The van der Waals surface area contributed by atoms with Gasteiger partial charge in [0.2, 0.25) is 5.91 Å². The van der Waals surface area contributed by atoms with Gasteiger partial charge in [0.15, 0.2) is 0 Å². The van der Waals surface area contributed by atoms with E-state index in [0.717, 1.165) is 5.56 Å². The van der Waals surface area contributed by atoms with E-state index in [2.05, 4.69) is 26.8 Å². The number of rotatable bonds is 4. The molecule has 0 atom stereocenters. The fourth-order valence-electron chi connectivity index (χ4n) is 1.85. The Balaban J connectivity index is 1.82. The van der Waals surface area contributed by atoms with Crippen molar-refractivity contribution in [1.29, 1.82) is 0 Å². The fourth-order valence-corrected chi connectivity index (χ4v) is 2.55. The first-order valence-corrected chi connectivity index (χ1v) is 7.82. The van der Waals surface area contributed by atoms with Gasteiger partial charge in [-0.05, 0) is 46.1 Å². The minimum Gasteiger partial charge on any atom is -0.273 e. The Morgan fingerprint density at radius 1 is 1.00 bits per heavy atom. The number of amides is 2. The smallest absolute Gasteiger partial charge is 0.270 e. The molecule has 0 fully saturated rings. The number of aryl methyl sites for hydroxylation is 1. The molecule has 114 valence electrons. The first-order valence-electron chi connectivity index (χ1n) is 6.65. The molecule has 0 radical (unpaired) electrons. The highest BCUT2D eigenvalue weighted by Crippen LogP contribution is 2.16. The molecule has 0 heterocycles. The van der Waals surface area contributed by atoms with Crippen molar-refractivity contribution in [3.8, 4) is 0 Å². The van der Waals surface area contributed by atoms with Crippen molar-refractivity contribution in [3.05, 3.63) is 69.2 Å². The van der Waals surface area contributed by atoms with Gasteiger partial charge < -0.3 is 0 Å². The average molecular weight is 382 g/mol. The van der Waals surface area contributed by atoms with Gasteiger partial charge >= 0.3 is 0 Å². The highest BCUT2D eigenvalue weighted by molar-refractivity contribution is 9.10. The second-order valence-electron chi connectivity index (χ2n) is 4.57. The number of hydrogen-bond acceptors (Lipinski definition) is 2. The average Bonchev–Trinajstić information content (AvgIpc) is 2.52. The molecule has 2 aromatic rings. The Kier molecular flexibility index (Phi) is 5.98. The summed E-state index contributed by atoms with van der Waals surface area (Å²) in [6.07, 6.45) is 0.746. The predicted molar refractivity (Wildman–Crippen MR) is 89.5 cm³/mol. The maximum absolute atomic E-state index is 11.9. The molecule has 2 amide bonds. The lowest BCUT2D eigenvalue weighted by Crippen LogP contribution is -2.41. The molecule has 0 aromatic heterocycles. The van der Waals surface area contributed by atoms with Crippen LogP contribution in [0.2, 0.25) is 5.02 Å². The molecular weight excluding hydrogens is 368 g/mol. The largest absolute Gasteiger partial charge is 0.273 e. The van der Waals surface area contributed by atoms with Gasteiger partial charge in [0.05, 0.1) is 5.56 Å². The molecule has 22 heavy (non-hydrogen) atoms. The summed E-state index contributed by atoms with van der Waals surface area (Å²) >= 11 is 9.31. The monoisotopic (exact) mass is 380 g/mol. The molecule has 2 N–H and O–H groups in total. The summed E-state index contributed by atoms with van der Waals surface area (Å²) in [7, 11) is 0. The van der Waals surface area contributed by atoms with E-state index >= 15 is 0 Å². The molecule has 0 aliphatic rings. The van der Waals surface area contributed by atoms with Gasteiger partial charge in [-0.2, -0.15) is 0 Å². The van der Waals surface area contributed by atoms with Crippen molar-refractivity contribution in [2.45, 2.75) is 12.8 Å². The molecule has 0 saturated heterocycles. The van der Waals surface area contributed by atoms with Crippen molar-refractivity contribution >= 4 is 39.3 Å². The van der Waals surface area contributed by atoms with Gasteiger partial charge in [-0.15, -0.1) is 0 Å². The third-order valence-corrected chi connectivity index (χ3v) is 4.07. The molecule has 0 unspecified atom stereocenters. The second kappa shape index (κ2) is 7.96. The van der Waals surface area contributed by atoms with Crippen LogP contribution in [-0.2, 0) is 11.2 Å². The van der Waals surface area contributed by atoms with Crippen molar-refractivity contribution in [2.75, 3.05) is 0 Å². The molecule has 2 aromatic carbocycles. The SMILES string of the molecule is O=C(CCc1ccccc1Cl)NNC(=O)c1ccccc1Br. The number of benzene rings is 2. The molecule has 0 saturated carbocycles. The van der Waals surface area contributed by atoms with Crippen molar-refractivity contribution in [1.82, 2.24) is 10.9 Å². The molecule has 4 nitrogen and oxygen atoms in total. The van der Waals surface area contributed by atoms with Crippen LogP contribution in [0.25, 0.3) is 0 Å². The number of nitrogens with one attached hydrogen (secondary N) is 2. The maximum Gasteiger partial charge on any atom is 0.270 e. The molecule has 2 rings (SSSR count). The predicted octanol–water partition coefficient (Wildman–Crippen LogP) is 3.50. The second-order valence-corrected chi connectivity index (χ2v) is 5.84. The Morgan fingerprint density at radius 2 is 1.68 bits per heavy atom. The highest BCUT2D eigenvalue weighted by atomic mass is 79.9. The zero-order valence-electron chi connectivity index (χ0n) is 11.6. The third kappa shape index (κ3) is 4.58. The molecule has 0 spiro atoms. The molecule has 0 aliphatic heterocycles. The molecule has 0 aliphatic carbocycles. The first-order chi connectivity index (χ1) is 10.6. The van der Waals surface area contributed by atoms with E-state index in [9.17, 15) is 9.59 Å². The Bertz CT molecular complexity index is 691. The van der Waals surface area contributed by atoms with Crippen LogP contribution < -0.4 is 10.9 Å². The summed E-state index contributed by atoms with van der Waals surface area (Å²) in [6, 6.07) is 14.3. The van der Waals surface area contributed by atoms with E-state index in [-0.39, 0.29) is 18.2 Å². The Morgan fingerprint density at radius 3 is 2.41 bits per heavy atom. The van der Waals surface area contributed by atoms with Gasteiger partial charge in [0, 0.05) is 15.9 Å². The molecule has 6 heteroatoms. The summed E-state index contributed by atoms with van der Waals surface area (Å²) in [4.78, 5) is 23.7. The third-order valence-electron chi connectivity index (χ3n) is 3.01. The van der Waals surface area contributed by atoms with Crippen LogP contribution in [0.5, 0.6) is 0 Å². The normalized spacial score (nSPS) is 10.1. The lowest BCUT2D eigenvalue weighted by Gasteiger charge is -2.09. The highest BCUT2D eigenvalue weighted by Gasteiger charge is 2.10. The Labute approximate surface area is 142 Å². The summed E-state index contributed by atoms with van der Waals surface area (Å²) in [6.45, 7) is 0. The minimum absolute atomic E-state index is 0.236. The topological polar surface area (TPSA) is 58.2 Å².